The Morgan fingerprint density at radius 2 is 1.94 bits per heavy atom. The van der Waals surface area contributed by atoms with Crippen molar-refractivity contribution in [1.29, 1.82) is 0 Å². The molecule has 1 N–H and O–H groups in total. The summed E-state index contributed by atoms with van der Waals surface area (Å²) in [6.07, 6.45) is 1.66. The molecule has 0 aliphatic carbocycles. The highest BCUT2D eigenvalue weighted by Gasteiger charge is 2.00. The Morgan fingerprint density at radius 3 is 2.56 bits per heavy atom. The van der Waals surface area contributed by atoms with Gasteiger partial charge < -0.3 is 5.11 Å². The van der Waals surface area contributed by atoms with Gasteiger partial charge in [0.25, 0.3) is 0 Å². The Balaban J connectivity index is 2.28. The van der Waals surface area contributed by atoms with Crippen LogP contribution in [-0.4, -0.2) is 26.2 Å². The smallest absolute Gasteiger partial charge is 0.151 e. The maximum absolute atomic E-state index is 9.29. The molecule has 0 saturated heterocycles. The molecule has 1 heterocycles. The van der Waals surface area contributed by atoms with Gasteiger partial charge in [-0.05, 0) is 31.5 Å². The highest BCUT2D eigenvalue weighted by atomic mass is 16.3. The molecule has 5 heteroatoms. The van der Waals surface area contributed by atoms with Gasteiger partial charge >= 0.3 is 0 Å². The number of hydrogen-bond donors (Lipinski definition) is 1. The van der Waals surface area contributed by atoms with Crippen LogP contribution in [0.3, 0.4) is 0 Å². The fourth-order valence-electron chi connectivity index (χ4n) is 1.36. The highest BCUT2D eigenvalue weighted by Crippen LogP contribution is 2.09. The standard InChI is InChI=1S/C11H12N4O/c1-8-13-14-9(2)15(8)12-7-10-4-3-5-11(16)6-10/h3-7,16H,1-2H3/b12-7-. The number of rotatable bonds is 2. The molecule has 0 bridgehead atoms. The third-order valence-corrected chi connectivity index (χ3v) is 2.14. The lowest BCUT2D eigenvalue weighted by Crippen LogP contribution is -1.96. The summed E-state index contributed by atoms with van der Waals surface area (Å²) in [6.45, 7) is 3.67. The Morgan fingerprint density at radius 1 is 1.25 bits per heavy atom. The van der Waals surface area contributed by atoms with Crippen molar-refractivity contribution in [3.63, 3.8) is 0 Å². The molecule has 1 aromatic heterocycles. The molecular weight excluding hydrogens is 204 g/mol. The van der Waals surface area contributed by atoms with E-state index in [1.165, 1.54) is 0 Å². The Bertz CT molecular complexity index is 511. The summed E-state index contributed by atoms with van der Waals surface area (Å²) in [4.78, 5) is 0. The predicted molar refractivity (Wildman–Crippen MR) is 60.6 cm³/mol. The number of hydrogen-bond acceptors (Lipinski definition) is 4. The van der Waals surface area contributed by atoms with E-state index in [0.717, 1.165) is 17.2 Å². The zero-order valence-electron chi connectivity index (χ0n) is 9.12. The molecule has 82 valence electrons. The van der Waals surface area contributed by atoms with Crippen molar-refractivity contribution in [1.82, 2.24) is 14.9 Å². The van der Waals surface area contributed by atoms with Gasteiger partial charge in [-0.15, -0.1) is 10.2 Å². The first-order chi connectivity index (χ1) is 7.66. The Kier molecular flexibility index (Phi) is 2.68. The predicted octanol–water partition coefficient (Wildman–Crippen LogP) is 1.48. The summed E-state index contributed by atoms with van der Waals surface area (Å²) in [6, 6.07) is 6.88. The lowest BCUT2D eigenvalue weighted by atomic mass is 10.2. The van der Waals surface area contributed by atoms with Crippen LogP contribution in [0, 0.1) is 13.8 Å². The molecule has 1 aromatic carbocycles. The van der Waals surface area contributed by atoms with Gasteiger partial charge in [0.1, 0.15) is 5.75 Å². The van der Waals surface area contributed by atoms with Gasteiger partial charge in [0.2, 0.25) is 0 Å². The number of aromatic hydroxyl groups is 1. The molecule has 0 saturated carbocycles. The van der Waals surface area contributed by atoms with E-state index in [4.69, 9.17) is 0 Å². The van der Waals surface area contributed by atoms with Crippen LogP contribution in [0.5, 0.6) is 5.75 Å². The molecule has 2 aromatic rings. The van der Waals surface area contributed by atoms with Crippen LogP contribution in [0.4, 0.5) is 0 Å². The minimum atomic E-state index is 0.223. The molecule has 0 amide bonds. The van der Waals surface area contributed by atoms with Crippen LogP contribution in [0.1, 0.15) is 17.2 Å². The minimum absolute atomic E-state index is 0.223. The van der Waals surface area contributed by atoms with E-state index in [9.17, 15) is 5.11 Å². The van der Waals surface area contributed by atoms with E-state index < -0.39 is 0 Å². The molecular formula is C11H12N4O. The summed E-state index contributed by atoms with van der Waals surface area (Å²) in [7, 11) is 0. The fraction of sp³-hybridized carbons (Fsp3) is 0.182. The Hall–Kier alpha value is -2.17. The molecule has 0 spiro atoms. The third kappa shape index (κ3) is 2.08. The van der Waals surface area contributed by atoms with E-state index >= 15 is 0 Å². The maximum Gasteiger partial charge on any atom is 0.151 e. The van der Waals surface area contributed by atoms with Gasteiger partial charge in [0, 0.05) is 0 Å². The zero-order valence-corrected chi connectivity index (χ0v) is 9.12. The SMILES string of the molecule is Cc1nnc(C)n1/N=C\c1cccc(O)c1. The van der Waals surface area contributed by atoms with E-state index in [1.807, 2.05) is 19.9 Å². The van der Waals surface area contributed by atoms with Gasteiger partial charge in [0.05, 0.1) is 6.21 Å². The van der Waals surface area contributed by atoms with Crippen LogP contribution in [0.2, 0.25) is 0 Å². The first-order valence-electron chi connectivity index (χ1n) is 4.89. The number of phenolic OH excluding ortho intramolecular Hbond substituents is 1. The first-order valence-corrected chi connectivity index (χ1v) is 4.89. The van der Waals surface area contributed by atoms with Gasteiger partial charge in [-0.3, -0.25) is 0 Å². The van der Waals surface area contributed by atoms with Gasteiger partial charge in [-0.25, -0.2) is 4.68 Å². The largest absolute Gasteiger partial charge is 0.508 e. The normalized spacial score (nSPS) is 11.1. The highest BCUT2D eigenvalue weighted by molar-refractivity contribution is 5.80. The molecule has 2 rings (SSSR count). The third-order valence-electron chi connectivity index (χ3n) is 2.14. The molecule has 0 unspecified atom stereocenters. The van der Waals surface area contributed by atoms with Crippen LogP contribution >= 0.6 is 0 Å². The second-order valence-corrected chi connectivity index (χ2v) is 3.45. The van der Waals surface area contributed by atoms with Crippen LogP contribution in [-0.2, 0) is 0 Å². The average Bonchev–Trinajstić information content (AvgIpc) is 2.56. The molecule has 0 aliphatic heterocycles. The second kappa shape index (κ2) is 4.14. The average molecular weight is 216 g/mol. The topological polar surface area (TPSA) is 63.3 Å². The van der Waals surface area contributed by atoms with Crippen molar-refractivity contribution in [2.24, 2.45) is 5.10 Å². The van der Waals surface area contributed by atoms with Gasteiger partial charge in [-0.2, -0.15) is 5.10 Å². The van der Waals surface area contributed by atoms with Crippen molar-refractivity contribution in [2.45, 2.75) is 13.8 Å². The monoisotopic (exact) mass is 216 g/mol. The number of phenols is 1. The van der Waals surface area contributed by atoms with Crippen molar-refractivity contribution >= 4 is 6.21 Å². The molecule has 0 atom stereocenters. The number of benzene rings is 1. The molecule has 0 radical (unpaired) electrons. The summed E-state index contributed by atoms with van der Waals surface area (Å²) in [5.41, 5.74) is 0.826. The molecule has 0 fully saturated rings. The number of aryl methyl sites for hydroxylation is 2. The molecule has 16 heavy (non-hydrogen) atoms. The lowest BCUT2D eigenvalue weighted by molar-refractivity contribution is 0.475. The summed E-state index contributed by atoms with van der Waals surface area (Å²) < 4.78 is 1.64. The van der Waals surface area contributed by atoms with Crippen LogP contribution in [0.15, 0.2) is 29.4 Å². The first kappa shape index (κ1) is 10.4. The van der Waals surface area contributed by atoms with Crippen LogP contribution in [0.25, 0.3) is 0 Å². The minimum Gasteiger partial charge on any atom is -0.508 e. The van der Waals surface area contributed by atoms with Gasteiger partial charge in [-0.1, -0.05) is 12.1 Å². The van der Waals surface area contributed by atoms with Crippen molar-refractivity contribution in [3.8, 4) is 5.75 Å². The fourth-order valence-corrected chi connectivity index (χ4v) is 1.36. The van der Waals surface area contributed by atoms with Crippen LogP contribution < -0.4 is 0 Å². The van der Waals surface area contributed by atoms with Crippen molar-refractivity contribution in [2.75, 3.05) is 0 Å². The quantitative estimate of drug-likeness (QED) is 0.773. The van der Waals surface area contributed by atoms with Gasteiger partial charge in [0.15, 0.2) is 11.6 Å². The molecule has 5 nitrogen and oxygen atoms in total. The van der Waals surface area contributed by atoms with E-state index in [0.29, 0.717) is 0 Å². The number of aromatic nitrogens is 3. The second-order valence-electron chi connectivity index (χ2n) is 3.45. The van der Waals surface area contributed by atoms with E-state index in [-0.39, 0.29) is 5.75 Å². The summed E-state index contributed by atoms with van der Waals surface area (Å²) in [5.74, 6) is 1.68. The summed E-state index contributed by atoms with van der Waals surface area (Å²) in [5, 5.41) is 21.3. The lowest BCUT2D eigenvalue weighted by Gasteiger charge is -1.97. The van der Waals surface area contributed by atoms with Crippen molar-refractivity contribution in [3.05, 3.63) is 41.5 Å². The molecule has 0 aliphatic rings. The van der Waals surface area contributed by atoms with E-state index in [2.05, 4.69) is 15.3 Å². The maximum atomic E-state index is 9.29. The zero-order chi connectivity index (χ0) is 11.5. The van der Waals surface area contributed by atoms with E-state index in [1.54, 1.807) is 29.1 Å². The number of nitrogens with zero attached hydrogens (tertiary/aromatic N) is 4. The van der Waals surface area contributed by atoms with Crippen molar-refractivity contribution < 1.29 is 5.11 Å². The Labute approximate surface area is 93.1 Å². The summed E-state index contributed by atoms with van der Waals surface area (Å²) >= 11 is 0.